The molecule has 2 aromatic heterocycles. The van der Waals surface area contributed by atoms with E-state index in [0.29, 0.717) is 32.6 Å². The van der Waals surface area contributed by atoms with Crippen LogP contribution in [0.5, 0.6) is 0 Å². The molecule has 4 nitrogen and oxygen atoms in total. The fourth-order valence-electron chi connectivity index (χ4n) is 1.85. The number of nitrogens with one attached hydrogen (secondary N) is 2. The second-order valence-corrected chi connectivity index (χ2v) is 5.95. The minimum atomic E-state index is -0.120. The van der Waals surface area contributed by atoms with Crippen LogP contribution in [-0.2, 0) is 6.54 Å². The highest BCUT2D eigenvalue weighted by Crippen LogP contribution is 2.22. The van der Waals surface area contributed by atoms with Crippen molar-refractivity contribution in [2.24, 2.45) is 0 Å². The number of aromatic nitrogens is 2. The van der Waals surface area contributed by atoms with Gasteiger partial charge in [-0.1, -0.05) is 23.2 Å². The lowest BCUT2D eigenvalue weighted by atomic mass is 10.3. The quantitative estimate of drug-likeness (QED) is 0.767. The number of aromatic amines is 1. The van der Waals surface area contributed by atoms with Crippen molar-refractivity contribution in [1.29, 1.82) is 0 Å². The average Bonchev–Trinajstić information content (AvgIpc) is 2.84. The van der Waals surface area contributed by atoms with Crippen molar-refractivity contribution >= 4 is 50.4 Å². The van der Waals surface area contributed by atoms with Crippen molar-refractivity contribution in [3.05, 3.63) is 55.9 Å². The van der Waals surface area contributed by atoms with Crippen LogP contribution in [0.3, 0.4) is 0 Å². The zero-order chi connectivity index (χ0) is 14.1. The Morgan fingerprint density at radius 3 is 2.75 bits per heavy atom. The summed E-state index contributed by atoms with van der Waals surface area (Å²) in [5.41, 5.74) is 1.36. The highest BCUT2D eigenvalue weighted by molar-refractivity contribution is 7.17. The van der Waals surface area contributed by atoms with Gasteiger partial charge in [0.2, 0.25) is 0 Å². The zero-order valence-corrected chi connectivity index (χ0v) is 12.4. The van der Waals surface area contributed by atoms with E-state index in [0.717, 1.165) is 5.69 Å². The van der Waals surface area contributed by atoms with E-state index < -0.39 is 0 Å². The molecule has 0 atom stereocenters. The summed E-state index contributed by atoms with van der Waals surface area (Å²) in [5.74, 6) is 0.567. The molecule has 7 heteroatoms. The normalized spacial score (nSPS) is 10.9. The van der Waals surface area contributed by atoms with E-state index in [1.807, 2.05) is 11.4 Å². The maximum absolute atomic E-state index is 11.8. The first-order chi connectivity index (χ1) is 9.61. The third-order valence-electron chi connectivity index (χ3n) is 2.69. The zero-order valence-electron chi connectivity index (χ0n) is 10.1. The third kappa shape index (κ3) is 2.80. The Hall–Kier alpha value is -1.56. The fraction of sp³-hybridized carbons (Fsp3) is 0.0769. The van der Waals surface area contributed by atoms with Gasteiger partial charge in [-0.3, -0.25) is 4.79 Å². The van der Waals surface area contributed by atoms with Crippen molar-refractivity contribution in [2.45, 2.75) is 6.54 Å². The molecule has 20 heavy (non-hydrogen) atoms. The molecule has 3 aromatic rings. The molecule has 3 rings (SSSR count). The van der Waals surface area contributed by atoms with Gasteiger partial charge in [-0.25, -0.2) is 4.98 Å². The molecule has 0 amide bonds. The van der Waals surface area contributed by atoms with Crippen LogP contribution in [0.25, 0.3) is 10.2 Å². The molecule has 102 valence electrons. The van der Waals surface area contributed by atoms with Gasteiger partial charge in [0, 0.05) is 15.7 Å². The monoisotopic (exact) mass is 325 g/mol. The van der Waals surface area contributed by atoms with Crippen molar-refractivity contribution in [1.82, 2.24) is 9.97 Å². The Labute approximate surface area is 128 Å². The van der Waals surface area contributed by atoms with Crippen molar-refractivity contribution in [2.75, 3.05) is 5.32 Å². The first kappa shape index (κ1) is 13.4. The van der Waals surface area contributed by atoms with Crippen molar-refractivity contribution < 1.29 is 0 Å². The van der Waals surface area contributed by atoms with Crippen LogP contribution in [0.4, 0.5) is 5.69 Å². The lowest BCUT2D eigenvalue weighted by Gasteiger charge is -2.07. The number of H-pyrrole nitrogens is 1. The molecule has 0 bridgehead atoms. The highest BCUT2D eigenvalue weighted by atomic mass is 35.5. The van der Waals surface area contributed by atoms with Crippen LogP contribution in [-0.4, -0.2) is 9.97 Å². The number of hydrogen-bond donors (Lipinski definition) is 2. The standard InChI is InChI=1S/C13H9Cl2N3OS/c14-7-3-8(15)5-9(4-7)16-6-11-17-10-1-2-20-12(10)13(19)18-11/h1-5,16H,6H2,(H,17,18,19). The van der Waals surface area contributed by atoms with Crippen molar-refractivity contribution in [3.63, 3.8) is 0 Å². The van der Waals surface area contributed by atoms with Crippen LogP contribution in [0, 0.1) is 0 Å². The summed E-state index contributed by atoms with van der Waals surface area (Å²) in [6, 6.07) is 7.00. The molecule has 1 aromatic carbocycles. The highest BCUT2D eigenvalue weighted by Gasteiger charge is 2.05. The van der Waals surface area contributed by atoms with Gasteiger partial charge in [-0.15, -0.1) is 11.3 Å². The van der Waals surface area contributed by atoms with Crippen LogP contribution in [0.1, 0.15) is 5.82 Å². The molecule has 0 saturated carbocycles. The predicted molar refractivity (Wildman–Crippen MR) is 84.0 cm³/mol. The van der Waals surface area contributed by atoms with Crippen LogP contribution in [0.2, 0.25) is 10.0 Å². The summed E-state index contributed by atoms with van der Waals surface area (Å²) in [6.45, 7) is 0.387. The molecule has 0 aliphatic rings. The van der Waals surface area contributed by atoms with E-state index in [2.05, 4.69) is 15.3 Å². The molecule has 0 fully saturated rings. The Balaban J connectivity index is 1.84. The Morgan fingerprint density at radius 2 is 2.00 bits per heavy atom. The molecule has 0 spiro atoms. The molecule has 2 N–H and O–H groups in total. The number of thiophene rings is 1. The minimum absolute atomic E-state index is 0.120. The topological polar surface area (TPSA) is 57.8 Å². The van der Waals surface area contributed by atoms with Gasteiger partial charge in [0.05, 0.1) is 12.1 Å². The van der Waals surface area contributed by atoms with E-state index >= 15 is 0 Å². The smallest absolute Gasteiger partial charge is 0.268 e. The number of halogens is 2. The van der Waals surface area contributed by atoms with Crippen molar-refractivity contribution in [3.8, 4) is 0 Å². The first-order valence-electron chi connectivity index (χ1n) is 5.78. The number of hydrogen-bond acceptors (Lipinski definition) is 4. The molecule has 0 unspecified atom stereocenters. The van der Waals surface area contributed by atoms with Gasteiger partial charge in [0.25, 0.3) is 5.56 Å². The van der Waals surface area contributed by atoms with E-state index in [9.17, 15) is 4.79 Å². The van der Waals surface area contributed by atoms with E-state index in [-0.39, 0.29) is 5.56 Å². The lowest BCUT2D eigenvalue weighted by Crippen LogP contribution is -2.13. The largest absolute Gasteiger partial charge is 0.378 e. The van der Waals surface area contributed by atoms with Gasteiger partial charge in [-0.05, 0) is 29.6 Å². The summed E-state index contributed by atoms with van der Waals surface area (Å²) in [6.07, 6.45) is 0. The molecule has 0 radical (unpaired) electrons. The van der Waals surface area contributed by atoms with Crippen LogP contribution in [0.15, 0.2) is 34.4 Å². The molecular formula is C13H9Cl2N3OS. The molecule has 0 aliphatic heterocycles. The summed E-state index contributed by atoms with van der Waals surface area (Å²) in [5, 5.41) is 6.08. The second-order valence-electron chi connectivity index (χ2n) is 4.16. The summed E-state index contributed by atoms with van der Waals surface area (Å²) in [4.78, 5) is 19.0. The SMILES string of the molecule is O=c1[nH]c(CNc2cc(Cl)cc(Cl)c2)nc2ccsc12. The average molecular weight is 326 g/mol. The Kier molecular flexibility index (Phi) is 3.65. The van der Waals surface area contributed by atoms with E-state index in [1.165, 1.54) is 11.3 Å². The Bertz CT molecular complexity index is 808. The molecule has 0 saturated heterocycles. The van der Waals surface area contributed by atoms with Gasteiger partial charge >= 0.3 is 0 Å². The van der Waals surface area contributed by atoms with Crippen LogP contribution < -0.4 is 10.9 Å². The molecular weight excluding hydrogens is 317 g/mol. The van der Waals surface area contributed by atoms with Gasteiger partial charge in [0.1, 0.15) is 10.5 Å². The minimum Gasteiger partial charge on any atom is -0.378 e. The summed E-state index contributed by atoms with van der Waals surface area (Å²) in [7, 11) is 0. The van der Waals surface area contributed by atoms with Gasteiger partial charge in [-0.2, -0.15) is 0 Å². The van der Waals surface area contributed by atoms with Crippen LogP contribution >= 0.6 is 34.5 Å². The predicted octanol–water partition coefficient (Wildman–Crippen LogP) is 3.90. The van der Waals surface area contributed by atoms with E-state index in [1.54, 1.807) is 18.2 Å². The number of anilines is 1. The summed E-state index contributed by atoms with van der Waals surface area (Å²) < 4.78 is 0.638. The second kappa shape index (κ2) is 5.44. The Morgan fingerprint density at radius 1 is 1.25 bits per heavy atom. The number of nitrogens with zero attached hydrogens (tertiary/aromatic N) is 1. The lowest BCUT2D eigenvalue weighted by molar-refractivity contribution is 0.956. The molecule has 2 heterocycles. The van der Waals surface area contributed by atoms with E-state index in [4.69, 9.17) is 23.2 Å². The molecule has 0 aliphatic carbocycles. The fourth-order valence-corrected chi connectivity index (χ4v) is 3.10. The third-order valence-corrected chi connectivity index (χ3v) is 4.03. The number of benzene rings is 1. The van der Waals surface area contributed by atoms with Gasteiger partial charge < -0.3 is 10.3 Å². The van der Waals surface area contributed by atoms with Gasteiger partial charge in [0.15, 0.2) is 0 Å². The number of fused-ring (bicyclic) bond motifs is 1. The number of rotatable bonds is 3. The summed E-state index contributed by atoms with van der Waals surface area (Å²) >= 11 is 13.2. The maximum atomic E-state index is 11.8. The first-order valence-corrected chi connectivity index (χ1v) is 7.42. The maximum Gasteiger partial charge on any atom is 0.268 e.